The molecule has 6 rings (SSSR count). The molecule has 1 unspecified atom stereocenters. The maximum absolute atomic E-state index is 12.7. The molecule has 2 heterocycles. The molecule has 1 atom stereocenters. The van der Waals surface area contributed by atoms with Gasteiger partial charge in [0.1, 0.15) is 5.76 Å². The Bertz CT molecular complexity index is 734. The molecule has 4 aliphatic carbocycles. The van der Waals surface area contributed by atoms with E-state index >= 15 is 0 Å². The Balaban J connectivity index is 1.09. The number of nitrogens with one attached hydrogen (secondary N) is 2. The van der Waals surface area contributed by atoms with Crippen LogP contribution < -0.4 is 10.6 Å². The van der Waals surface area contributed by atoms with Crippen molar-refractivity contribution in [3.63, 3.8) is 0 Å². The Morgan fingerprint density at radius 3 is 2.29 bits per heavy atom. The van der Waals surface area contributed by atoms with Gasteiger partial charge >= 0.3 is 0 Å². The monoisotopic (exact) mass is 427 g/mol. The van der Waals surface area contributed by atoms with Gasteiger partial charge in [-0.15, -0.1) is 0 Å². The van der Waals surface area contributed by atoms with Gasteiger partial charge < -0.3 is 15.1 Å². The number of hydrogen-bond acceptors (Lipinski definition) is 4. The van der Waals surface area contributed by atoms with Crippen molar-refractivity contribution in [3.8, 4) is 0 Å². The molecule has 2 amide bonds. The van der Waals surface area contributed by atoms with Gasteiger partial charge in [-0.3, -0.25) is 14.5 Å². The van der Waals surface area contributed by atoms with Gasteiger partial charge in [-0.2, -0.15) is 0 Å². The van der Waals surface area contributed by atoms with Gasteiger partial charge in [-0.25, -0.2) is 0 Å². The maximum Gasteiger partial charge on any atom is 0.239 e. The Labute approximate surface area is 185 Å². The van der Waals surface area contributed by atoms with Crippen molar-refractivity contribution in [1.29, 1.82) is 0 Å². The second-order valence-electron chi connectivity index (χ2n) is 10.8. The fourth-order valence-corrected chi connectivity index (χ4v) is 7.48. The molecular formula is C25H37N3O3. The molecule has 0 spiro atoms. The largest absolute Gasteiger partial charge is 0.468 e. The fraction of sp³-hybridized carbons (Fsp3) is 0.760. The number of hydrogen-bond donors (Lipinski definition) is 2. The van der Waals surface area contributed by atoms with E-state index in [-0.39, 0.29) is 29.8 Å². The summed E-state index contributed by atoms with van der Waals surface area (Å²) in [7, 11) is 0. The summed E-state index contributed by atoms with van der Waals surface area (Å²) in [6.07, 6.45) is 13.8. The molecule has 5 fully saturated rings. The van der Waals surface area contributed by atoms with E-state index in [4.69, 9.17) is 4.42 Å². The Morgan fingerprint density at radius 1 is 1.00 bits per heavy atom. The van der Waals surface area contributed by atoms with Crippen LogP contribution in [-0.4, -0.2) is 42.9 Å². The highest BCUT2D eigenvalue weighted by atomic mass is 16.3. The zero-order chi connectivity index (χ0) is 21.3. The van der Waals surface area contributed by atoms with Crippen molar-refractivity contribution in [2.75, 3.05) is 26.2 Å². The third-order valence-corrected chi connectivity index (χ3v) is 8.34. The van der Waals surface area contributed by atoms with Crippen LogP contribution >= 0.6 is 0 Å². The molecule has 0 aromatic carbocycles. The number of likely N-dealkylation sites (tertiary alicyclic amines) is 1. The first-order valence-electron chi connectivity index (χ1n) is 12.4. The summed E-state index contributed by atoms with van der Waals surface area (Å²) < 4.78 is 5.65. The summed E-state index contributed by atoms with van der Waals surface area (Å²) in [5.41, 5.74) is 0.216. The number of rotatable bonds is 8. The van der Waals surface area contributed by atoms with Crippen molar-refractivity contribution in [1.82, 2.24) is 15.5 Å². The van der Waals surface area contributed by atoms with E-state index in [1.54, 1.807) is 6.26 Å². The van der Waals surface area contributed by atoms with Crippen LogP contribution in [0, 0.1) is 23.2 Å². The highest BCUT2D eigenvalue weighted by Crippen LogP contribution is 2.61. The standard InChI is InChI=1S/C25H37N3O3/c29-23(15-25-12-18-9-19(13-25)11-20(10-18)14-25)27-17-24(30)26-16-21(22-5-4-8-31-22)28-6-2-1-3-7-28/h4-5,8,18-21H,1-3,6-7,9-17H2,(H,26,30)(H,27,29). The third kappa shape index (κ3) is 4.84. The quantitative estimate of drug-likeness (QED) is 0.664. The lowest BCUT2D eigenvalue weighted by Gasteiger charge is -2.56. The molecule has 1 saturated heterocycles. The first-order valence-corrected chi connectivity index (χ1v) is 12.4. The molecule has 170 valence electrons. The van der Waals surface area contributed by atoms with Crippen LogP contribution in [0.25, 0.3) is 0 Å². The molecule has 5 aliphatic rings. The summed E-state index contributed by atoms with van der Waals surface area (Å²) in [4.78, 5) is 27.6. The van der Waals surface area contributed by atoms with E-state index in [9.17, 15) is 9.59 Å². The van der Waals surface area contributed by atoms with E-state index < -0.39 is 0 Å². The molecule has 6 heteroatoms. The molecule has 4 saturated carbocycles. The van der Waals surface area contributed by atoms with Crippen molar-refractivity contribution in [3.05, 3.63) is 24.2 Å². The first-order chi connectivity index (χ1) is 15.1. The molecule has 0 radical (unpaired) electrons. The molecule has 4 bridgehead atoms. The van der Waals surface area contributed by atoms with Gasteiger partial charge in [-0.1, -0.05) is 6.42 Å². The van der Waals surface area contributed by atoms with Crippen LogP contribution in [0.2, 0.25) is 0 Å². The smallest absolute Gasteiger partial charge is 0.239 e. The third-order valence-electron chi connectivity index (χ3n) is 8.34. The number of nitrogens with zero attached hydrogens (tertiary/aromatic N) is 1. The summed E-state index contributed by atoms with van der Waals surface area (Å²) in [6.45, 7) is 2.64. The summed E-state index contributed by atoms with van der Waals surface area (Å²) in [5, 5.41) is 5.94. The predicted octanol–water partition coefficient (Wildman–Crippen LogP) is 3.65. The average Bonchev–Trinajstić information content (AvgIpc) is 3.26. The van der Waals surface area contributed by atoms with Gasteiger partial charge in [-0.05, 0) is 99.8 Å². The van der Waals surface area contributed by atoms with Gasteiger partial charge in [0, 0.05) is 13.0 Å². The van der Waals surface area contributed by atoms with E-state index in [2.05, 4.69) is 15.5 Å². The van der Waals surface area contributed by atoms with Gasteiger partial charge in [0.05, 0.1) is 18.8 Å². The van der Waals surface area contributed by atoms with Crippen LogP contribution in [0.3, 0.4) is 0 Å². The van der Waals surface area contributed by atoms with Crippen LogP contribution in [-0.2, 0) is 9.59 Å². The SMILES string of the molecule is O=C(CNC(=O)CC12CC3CC(CC(C3)C1)C2)NCC(c1ccco1)N1CCCCC1. The van der Waals surface area contributed by atoms with E-state index in [1.165, 1.54) is 57.8 Å². The molecule has 2 N–H and O–H groups in total. The Hall–Kier alpha value is -1.82. The second-order valence-corrected chi connectivity index (χ2v) is 10.8. The molecular weight excluding hydrogens is 390 g/mol. The minimum Gasteiger partial charge on any atom is -0.468 e. The van der Waals surface area contributed by atoms with Crippen molar-refractivity contribution >= 4 is 11.8 Å². The predicted molar refractivity (Wildman–Crippen MR) is 118 cm³/mol. The highest BCUT2D eigenvalue weighted by molar-refractivity contribution is 5.85. The normalized spacial score (nSPS) is 33.2. The number of amides is 2. The summed E-state index contributed by atoms with van der Waals surface area (Å²) in [6, 6.07) is 3.94. The number of furan rings is 1. The lowest BCUT2D eigenvalue weighted by Crippen LogP contribution is -2.48. The van der Waals surface area contributed by atoms with Crippen LogP contribution in [0.1, 0.15) is 76.0 Å². The summed E-state index contributed by atoms with van der Waals surface area (Å²) >= 11 is 0. The number of carbonyl (C=O) groups excluding carboxylic acids is 2. The zero-order valence-corrected chi connectivity index (χ0v) is 18.6. The second kappa shape index (κ2) is 8.97. The van der Waals surface area contributed by atoms with Gasteiger partial charge in [0.2, 0.25) is 11.8 Å². The molecule has 1 aliphatic heterocycles. The zero-order valence-electron chi connectivity index (χ0n) is 18.6. The highest BCUT2D eigenvalue weighted by Gasteiger charge is 2.51. The minimum absolute atomic E-state index is 0.0516. The van der Waals surface area contributed by atoms with Crippen molar-refractivity contribution in [2.45, 2.75) is 70.3 Å². The molecule has 1 aromatic heterocycles. The van der Waals surface area contributed by atoms with Crippen molar-refractivity contribution < 1.29 is 14.0 Å². The van der Waals surface area contributed by atoms with Crippen LogP contribution in [0.15, 0.2) is 22.8 Å². The Morgan fingerprint density at radius 2 is 1.68 bits per heavy atom. The number of carbonyl (C=O) groups is 2. The first kappa shape index (κ1) is 21.0. The van der Waals surface area contributed by atoms with Gasteiger partial charge in [0.15, 0.2) is 0 Å². The summed E-state index contributed by atoms with van der Waals surface area (Å²) in [5.74, 6) is 3.36. The lowest BCUT2D eigenvalue weighted by molar-refractivity contribution is -0.132. The van der Waals surface area contributed by atoms with Gasteiger partial charge in [0.25, 0.3) is 0 Å². The van der Waals surface area contributed by atoms with Crippen LogP contribution in [0.5, 0.6) is 0 Å². The van der Waals surface area contributed by atoms with E-state index in [0.29, 0.717) is 13.0 Å². The number of piperidine rings is 1. The fourth-order valence-electron chi connectivity index (χ4n) is 7.48. The van der Waals surface area contributed by atoms with Crippen molar-refractivity contribution in [2.24, 2.45) is 23.2 Å². The van der Waals surface area contributed by atoms with Crippen LogP contribution in [0.4, 0.5) is 0 Å². The Kier molecular flexibility index (Phi) is 6.09. The molecule has 1 aromatic rings. The maximum atomic E-state index is 12.7. The lowest BCUT2D eigenvalue weighted by atomic mass is 9.49. The molecule has 6 nitrogen and oxygen atoms in total. The van der Waals surface area contributed by atoms with E-state index in [1.807, 2.05) is 12.1 Å². The average molecular weight is 428 g/mol. The van der Waals surface area contributed by atoms with E-state index in [0.717, 1.165) is 36.6 Å². The topological polar surface area (TPSA) is 74.6 Å². The molecule has 31 heavy (non-hydrogen) atoms. The minimum atomic E-state index is -0.118.